The summed E-state index contributed by atoms with van der Waals surface area (Å²) in [6.07, 6.45) is 4.27. The highest BCUT2D eigenvalue weighted by atomic mass is 32.1. The van der Waals surface area contributed by atoms with Crippen LogP contribution in [0.1, 0.15) is 17.4 Å². The first-order valence-electron chi connectivity index (χ1n) is 8.73. The van der Waals surface area contributed by atoms with E-state index >= 15 is 0 Å². The van der Waals surface area contributed by atoms with Gasteiger partial charge in [0.15, 0.2) is 0 Å². The van der Waals surface area contributed by atoms with Gasteiger partial charge in [0, 0.05) is 24.6 Å². The largest absolute Gasteiger partial charge is 0.493 e. The van der Waals surface area contributed by atoms with E-state index in [4.69, 9.17) is 9.15 Å². The molecule has 4 rings (SSSR count). The summed E-state index contributed by atoms with van der Waals surface area (Å²) < 4.78 is 13.1. The van der Waals surface area contributed by atoms with Gasteiger partial charge in [-0.15, -0.1) is 0 Å². The van der Waals surface area contributed by atoms with Crippen LogP contribution < -0.4 is 10.1 Å². The molecule has 27 heavy (non-hydrogen) atoms. The van der Waals surface area contributed by atoms with Gasteiger partial charge in [-0.1, -0.05) is 22.3 Å². The first-order chi connectivity index (χ1) is 13.2. The standard InChI is InChI=1S/C20H20N4O2S/c1-23-19(21-14-24(23)27)15-7-9-18(10-8-15)25-12-11-17-13-26-20(22-17)16-5-3-2-4-6-16/h2-10,13-14,19,27H,11-12H2,1H3/p+1. The van der Waals surface area contributed by atoms with Crippen molar-refractivity contribution in [1.29, 1.82) is 0 Å². The molecule has 2 aromatic carbocycles. The first-order valence-corrected chi connectivity index (χ1v) is 9.13. The van der Waals surface area contributed by atoms with Crippen LogP contribution in [0, 0.1) is 0 Å². The van der Waals surface area contributed by atoms with Crippen LogP contribution in [-0.4, -0.2) is 34.1 Å². The molecule has 1 atom stereocenters. The third-order valence-electron chi connectivity index (χ3n) is 4.44. The van der Waals surface area contributed by atoms with Gasteiger partial charge in [-0.05, 0) is 36.4 Å². The number of rotatable bonds is 6. The van der Waals surface area contributed by atoms with Crippen molar-refractivity contribution >= 4 is 19.2 Å². The van der Waals surface area contributed by atoms with E-state index in [0.29, 0.717) is 18.9 Å². The Morgan fingerprint density at radius 3 is 2.67 bits per heavy atom. The molecule has 1 N–H and O–H groups in total. The lowest BCUT2D eigenvalue weighted by molar-refractivity contribution is -0.536. The Labute approximate surface area is 163 Å². The van der Waals surface area contributed by atoms with E-state index in [9.17, 15) is 0 Å². The lowest BCUT2D eigenvalue weighted by Gasteiger charge is -2.16. The fourth-order valence-electron chi connectivity index (χ4n) is 2.92. The molecule has 0 bridgehead atoms. The summed E-state index contributed by atoms with van der Waals surface area (Å²) in [5.41, 5.74) is 3.00. The molecule has 1 aliphatic heterocycles. The van der Waals surface area contributed by atoms with Gasteiger partial charge in [-0.3, -0.25) is 5.32 Å². The van der Waals surface area contributed by atoms with Gasteiger partial charge < -0.3 is 9.15 Å². The molecule has 1 unspecified atom stereocenters. The van der Waals surface area contributed by atoms with Crippen LogP contribution in [0.15, 0.2) is 65.3 Å². The number of ether oxygens (including phenoxy) is 1. The fraction of sp³-hybridized carbons (Fsp3) is 0.200. The number of hydrogen-bond acceptors (Lipinski definition) is 6. The van der Waals surface area contributed by atoms with E-state index in [0.717, 1.165) is 22.6 Å². The molecule has 0 fully saturated rings. The number of hydrogen-bond donors (Lipinski definition) is 2. The smallest absolute Gasteiger partial charge is 0.269 e. The van der Waals surface area contributed by atoms with Gasteiger partial charge in [0.1, 0.15) is 12.0 Å². The highest BCUT2D eigenvalue weighted by Crippen LogP contribution is 2.23. The topological polar surface area (TPSA) is 53.5 Å². The predicted molar refractivity (Wildman–Crippen MR) is 107 cm³/mol. The molecule has 7 heteroatoms. The van der Waals surface area contributed by atoms with Crippen LogP contribution >= 0.6 is 12.8 Å². The third-order valence-corrected chi connectivity index (χ3v) is 4.84. The van der Waals surface area contributed by atoms with Crippen molar-refractivity contribution in [3.63, 3.8) is 0 Å². The zero-order chi connectivity index (χ0) is 18.6. The zero-order valence-corrected chi connectivity index (χ0v) is 15.8. The van der Waals surface area contributed by atoms with Crippen LogP contribution in [-0.2, 0) is 6.42 Å². The van der Waals surface area contributed by atoms with Crippen LogP contribution in [0.2, 0.25) is 0 Å². The van der Waals surface area contributed by atoms with E-state index in [-0.39, 0.29) is 6.17 Å². The number of hydrazine groups is 1. The Hall–Kier alpha value is -2.93. The number of aromatic nitrogens is 1. The average Bonchev–Trinajstić information content (AvgIpc) is 3.31. The lowest BCUT2D eigenvalue weighted by Crippen LogP contribution is -2.28. The van der Waals surface area contributed by atoms with E-state index in [2.05, 4.69) is 23.1 Å². The minimum Gasteiger partial charge on any atom is -0.493 e. The number of oxazole rings is 1. The maximum Gasteiger partial charge on any atom is 0.269 e. The average molecular weight is 381 g/mol. The summed E-state index contributed by atoms with van der Waals surface area (Å²) >= 11 is 4.33. The van der Waals surface area contributed by atoms with Crippen molar-refractivity contribution in [2.24, 2.45) is 0 Å². The van der Waals surface area contributed by atoms with E-state index in [1.165, 1.54) is 0 Å². The summed E-state index contributed by atoms with van der Waals surface area (Å²) in [7, 11) is 1.97. The van der Waals surface area contributed by atoms with Crippen molar-refractivity contribution < 1.29 is 13.2 Å². The van der Waals surface area contributed by atoms with Crippen molar-refractivity contribution in [1.82, 2.24) is 15.3 Å². The maximum absolute atomic E-state index is 5.84. The van der Waals surface area contributed by atoms with Gasteiger partial charge in [-0.25, -0.2) is 4.98 Å². The van der Waals surface area contributed by atoms with Crippen molar-refractivity contribution in [2.75, 3.05) is 13.7 Å². The van der Waals surface area contributed by atoms with Crippen molar-refractivity contribution in [3.8, 4) is 17.2 Å². The molecule has 2 heterocycles. The molecule has 0 spiro atoms. The Morgan fingerprint density at radius 2 is 1.96 bits per heavy atom. The summed E-state index contributed by atoms with van der Waals surface area (Å²) in [6, 6.07) is 17.9. The summed E-state index contributed by atoms with van der Waals surface area (Å²) in [5.74, 6) is 1.47. The second-order valence-electron chi connectivity index (χ2n) is 6.27. The molecule has 1 aromatic heterocycles. The molecule has 0 radical (unpaired) electrons. The predicted octanol–water partition coefficient (Wildman–Crippen LogP) is 3.30. The molecule has 0 saturated heterocycles. The molecule has 138 valence electrons. The highest BCUT2D eigenvalue weighted by molar-refractivity contribution is 7.73. The first kappa shape index (κ1) is 17.5. The quantitative estimate of drug-likeness (QED) is 0.507. The van der Waals surface area contributed by atoms with Crippen molar-refractivity contribution in [3.05, 3.63) is 72.1 Å². The van der Waals surface area contributed by atoms with E-state index in [1.807, 2.05) is 73.0 Å². The van der Waals surface area contributed by atoms with E-state index < -0.39 is 0 Å². The van der Waals surface area contributed by atoms with Gasteiger partial charge in [0.05, 0.1) is 25.1 Å². The van der Waals surface area contributed by atoms with Crippen LogP contribution in [0.3, 0.4) is 0 Å². The Kier molecular flexibility index (Phi) is 5.02. The molecular weight excluding hydrogens is 360 g/mol. The molecular formula is C20H21N4O2S+. The molecule has 0 amide bonds. The monoisotopic (exact) mass is 381 g/mol. The minimum absolute atomic E-state index is 0.0723. The number of nitrogens with zero attached hydrogens (tertiary/aromatic N) is 3. The third kappa shape index (κ3) is 3.93. The highest BCUT2D eigenvalue weighted by Gasteiger charge is 2.28. The Morgan fingerprint density at radius 1 is 1.19 bits per heavy atom. The molecule has 0 aliphatic carbocycles. The molecule has 3 aromatic rings. The zero-order valence-electron chi connectivity index (χ0n) is 14.9. The van der Waals surface area contributed by atoms with Gasteiger partial charge in [-0.2, -0.15) is 5.01 Å². The molecule has 1 aliphatic rings. The minimum atomic E-state index is 0.0723. The van der Waals surface area contributed by atoms with Gasteiger partial charge in [0.25, 0.3) is 6.34 Å². The lowest BCUT2D eigenvalue weighted by atomic mass is 10.1. The second-order valence-corrected chi connectivity index (χ2v) is 6.68. The Balaban J connectivity index is 1.30. The maximum atomic E-state index is 5.84. The van der Waals surface area contributed by atoms with E-state index in [1.54, 1.807) is 10.4 Å². The summed E-state index contributed by atoms with van der Waals surface area (Å²) in [4.78, 5) is 4.52. The number of hydrazone groups is 1. The van der Waals surface area contributed by atoms with Crippen LogP contribution in [0.4, 0.5) is 0 Å². The molecule has 0 saturated carbocycles. The van der Waals surface area contributed by atoms with Crippen molar-refractivity contribution in [2.45, 2.75) is 12.6 Å². The summed E-state index contributed by atoms with van der Waals surface area (Å²) in [5, 5.41) is 5.26. The number of nitrogens with one attached hydrogen (secondary N) is 1. The second kappa shape index (κ2) is 7.75. The SMILES string of the molecule is CN1C(c2ccc(OCCc3coc(-c4ccccc4)n3)cc2)NC=[N+]1S. The van der Waals surface area contributed by atoms with Gasteiger partial charge >= 0.3 is 0 Å². The number of thiol groups is 1. The normalized spacial score (nSPS) is 16.1. The fourth-order valence-corrected chi connectivity index (χ4v) is 3.09. The Bertz CT molecular complexity index is 925. The molecule has 6 nitrogen and oxygen atoms in total. The number of benzene rings is 2. The summed E-state index contributed by atoms with van der Waals surface area (Å²) in [6.45, 7) is 0.542. The van der Waals surface area contributed by atoms with Crippen LogP contribution in [0.5, 0.6) is 5.75 Å². The van der Waals surface area contributed by atoms with Gasteiger partial charge in [0.2, 0.25) is 12.1 Å². The van der Waals surface area contributed by atoms with Crippen LogP contribution in [0.25, 0.3) is 11.5 Å².